The minimum atomic E-state index is -1.09. The highest BCUT2D eigenvalue weighted by Crippen LogP contribution is 2.43. The number of aliphatic hydroxyl groups is 1. The number of ketones is 1. The Morgan fingerprint density at radius 1 is 1.06 bits per heavy atom. The predicted octanol–water partition coefficient (Wildman–Crippen LogP) is 5.22. The van der Waals surface area contributed by atoms with Crippen molar-refractivity contribution in [2.24, 2.45) is 0 Å². The van der Waals surface area contributed by atoms with Crippen molar-refractivity contribution in [3.05, 3.63) is 100 Å². The largest absolute Gasteiger partial charge is 0.507 e. The number of carbonyl (C=O) groups excluding carboxylic acids is 2. The number of benzene rings is 3. The van der Waals surface area contributed by atoms with Crippen molar-refractivity contribution >= 4 is 23.1 Å². The molecule has 0 radical (unpaired) electrons. The number of carbonyl (C=O) groups is 2. The molecule has 1 atom stereocenters. The first-order chi connectivity index (χ1) is 16.3. The van der Waals surface area contributed by atoms with E-state index in [1.807, 2.05) is 13.0 Å². The number of hydrogen-bond acceptors (Lipinski definition) is 4. The average molecular weight is 461 g/mol. The van der Waals surface area contributed by atoms with Crippen LogP contribution in [0.15, 0.2) is 66.2 Å². The summed E-state index contributed by atoms with van der Waals surface area (Å²) in [6, 6.07) is 13.9. The molecule has 1 unspecified atom stereocenters. The van der Waals surface area contributed by atoms with Crippen LogP contribution in [0.2, 0.25) is 0 Å². The summed E-state index contributed by atoms with van der Waals surface area (Å²) >= 11 is 0. The van der Waals surface area contributed by atoms with Crippen LogP contribution < -0.4 is 9.64 Å². The molecule has 0 aliphatic carbocycles. The normalized spacial score (nSPS) is 19.1. The first-order valence-electron chi connectivity index (χ1n) is 10.9. The lowest BCUT2D eigenvalue weighted by atomic mass is 9.93. The third-order valence-corrected chi connectivity index (χ3v) is 6.15. The number of rotatable bonds is 3. The smallest absolute Gasteiger partial charge is 0.300 e. The van der Waals surface area contributed by atoms with Crippen LogP contribution in [-0.2, 0) is 16.0 Å². The standard InChI is InChI=1S/C27H21F2NO4/c1-15-4-2-5-17(12-15)24-23(25(31)18-7-10-22-16(13-18)6-3-11-34-22)26(32)27(33)30(24)21-9-8-19(28)14-20(21)29/h2,4-5,7-10,12-14,24,31H,3,6,11H2,1H3/b25-23-. The first kappa shape index (κ1) is 21.8. The Morgan fingerprint density at radius 2 is 1.88 bits per heavy atom. The zero-order chi connectivity index (χ0) is 24.0. The van der Waals surface area contributed by atoms with E-state index in [1.165, 1.54) is 0 Å². The van der Waals surface area contributed by atoms with Crippen LogP contribution in [0.25, 0.3) is 5.76 Å². The Morgan fingerprint density at radius 3 is 2.65 bits per heavy atom. The summed E-state index contributed by atoms with van der Waals surface area (Å²) in [6.07, 6.45) is 1.58. The average Bonchev–Trinajstić information content (AvgIpc) is 3.09. The number of ether oxygens (including phenoxy) is 1. The van der Waals surface area contributed by atoms with Crippen molar-refractivity contribution in [1.82, 2.24) is 0 Å². The van der Waals surface area contributed by atoms with Crippen LogP contribution in [0.4, 0.5) is 14.5 Å². The minimum absolute atomic E-state index is 0.156. The van der Waals surface area contributed by atoms with Gasteiger partial charge >= 0.3 is 0 Å². The van der Waals surface area contributed by atoms with E-state index in [0.29, 0.717) is 29.5 Å². The van der Waals surface area contributed by atoms with E-state index < -0.39 is 29.4 Å². The van der Waals surface area contributed by atoms with Crippen LogP contribution in [0.3, 0.4) is 0 Å². The Hall–Kier alpha value is -4.00. The molecule has 172 valence electrons. The fraction of sp³-hybridized carbons (Fsp3) is 0.185. The lowest BCUT2D eigenvalue weighted by Crippen LogP contribution is -2.30. The fourth-order valence-corrected chi connectivity index (χ4v) is 4.58. The molecule has 34 heavy (non-hydrogen) atoms. The van der Waals surface area contributed by atoms with Crippen molar-refractivity contribution in [2.75, 3.05) is 11.5 Å². The summed E-state index contributed by atoms with van der Waals surface area (Å²) in [4.78, 5) is 27.3. The van der Waals surface area contributed by atoms with E-state index in [9.17, 15) is 23.5 Å². The van der Waals surface area contributed by atoms with E-state index in [2.05, 4.69) is 0 Å². The monoisotopic (exact) mass is 461 g/mol. The molecule has 2 aliphatic rings. The number of nitrogens with zero attached hydrogens (tertiary/aromatic N) is 1. The van der Waals surface area contributed by atoms with Gasteiger partial charge in [0.1, 0.15) is 23.1 Å². The van der Waals surface area contributed by atoms with Crippen molar-refractivity contribution in [3.63, 3.8) is 0 Å². The van der Waals surface area contributed by atoms with Gasteiger partial charge in [-0.3, -0.25) is 14.5 Å². The van der Waals surface area contributed by atoms with Crippen LogP contribution >= 0.6 is 0 Å². The molecule has 0 saturated carbocycles. The second-order valence-electron chi connectivity index (χ2n) is 8.45. The van der Waals surface area contributed by atoms with Crippen molar-refractivity contribution in [1.29, 1.82) is 0 Å². The topological polar surface area (TPSA) is 66.8 Å². The number of hydrogen-bond donors (Lipinski definition) is 1. The first-order valence-corrected chi connectivity index (χ1v) is 10.9. The zero-order valence-corrected chi connectivity index (χ0v) is 18.3. The summed E-state index contributed by atoms with van der Waals surface area (Å²) in [5, 5.41) is 11.3. The molecule has 5 nitrogen and oxygen atoms in total. The molecule has 0 aromatic heterocycles. The Balaban J connectivity index is 1.72. The number of fused-ring (bicyclic) bond motifs is 1. The molecule has 3 aromatic carbocycles. The molecule has 1 N–H and O–H groups in total. The highest BCUT2D eigenvalue weighted by atomic mass is 19.1. The molecule has 3 aromatic rings. The van der Waals surface area contributed by atoms with Gasteiger partial charge in [-0.15, -0.1) is 0 Å². The third-order valence-electron chi connectivity index (χ3n) is 6.15. The third kappa shape index (κ3) is 3.63. The number of anilines is 1. The van der Waals surface area contributed by atoms with Crippen LogP contribution in [-0.4, -0.2) is 23.4 Å². The van der Waals surface area contributed by atoms with E-state index in [0.717, 1.165) is 41.0 Å². The number of Topliss-reactive ketones (excluding diaryl/α,β-unsaturated/α-hetero) is 1. The highest BCUT2D eigenvalue weighted by Gasteiger charge is 2.47. The molecule has 1 saturated heterocycles. The lowest BCUT2D eigenvalue weighted by Gasteiger charge is -2.26. The van der Waals surface area contributed by atoms with Crippen molar-refractivity contribution in [2.45, 2.75) is 25.8 Å². The van der Waals surface area contributed by atoms with Gasteiger partial charge in [0.05, 0.1) is 23.9 Å². The Labute approximate surface area is 194 Å². The molecular weight excluding hydrogens is 440 g/mol. The van der Waals surface area contributed by atoms with Gasteiger partial charge in [-0.2, -0.15) is 0 Å². The molecule has 1 amide bonds. The molecule has 7 heteroatoms. The number of amides is 1. The lowest BCUT2D eigenvalue weighted by molar-refractivity contribution is -0.132. The summed E-state index contributed by atoms with van der Waals surface area (Å²) < 4.78 is 34.0. The van der Waals surface area contributed by atoms with Crippen molar-refractivity contribution in [3.8, 4) is 5.75 Å². The van der Waals surface area contributed by atoms with Gasteiger partial charge in [-0.05, 0) is 61.2 Å². The van der Waals surface area contributed by atoms with Crippen molar-refractivity contribution < 1.29 is 28.2 Å². The minimum Gasteiger partial charge on any atom is -0.507 e. The van der Waals surface area contributed by atoms with Gasteiger partial charge in [-0.1, -0.05) is 29.8 Å². The number of aryl methyl sites for hydroxylation is 2. The molecule has 0 spiro atoms. The van der Waals surface area contributed by atoms with Crippen LogP contribution in [0, 0.1) is 18.6 Å². The van der Waals surface area contributed by atoms with E-state index >= 15 is 0 Å². The molecule has 1 fully saturated rings. The second-order valence-corrected chi connectivity index (χ2v) is 8.45. The maximum Gasteiger partial charge on any atom is 0.300 e. The summed E-state index contributed by atoms with van der Waals surface area (Å²) in [7, 11) is 0. The van der Waals surface area contributed by atoms with Gasteiger partial charge in [0, 0.05) is 11.6 Å². The van der Waals surface area contributed by atoms with E-state index in [4.69, 9.17) is 4.74 Å². The van der Waals surface area contributed by atoms with E-state index in [1.54, 1.807) is 36.4 Å². The number of aliphatic hydroxyl groups excluding tert-OH is 1. The maximum atomic E-state index is 14.8. The SMILES string of the molecule is Cc1cccc(C2/C(=C(/O)c3ccc4c(c3)CCCO4)C(=O)C(=O)N2c2ccc(F)cc2F)c1. The Bertz CT molecular complexity index is 1360. The summed E-state index contributed by atoms with van der Waals surface area (Å²) in [5.74, 6) is -3.37. The zero-order valence-electron chi connectivity index (χ0n) is 18.3. The van der Waals surface area contributed by atoms with Gasteiger partial charge < -0.3 is 9.84 Å². The summed E-state index contributed by atoms with van der Waals surface area (Å²) in [6.45, 7) is 2.46. The molecule has 5 rings (SSSR count). The maximum absolute atomic E-state index is 14.8. The molecular formula is C27H21F2NO4. The Kier molecular flexibility index (Phi) is 5.40. The number of halogens is 2. The van der Waals surface area contributed by atoms with Gasteiger partial charge in [0.15, 0.2) is 0 Å². The molecule has 0 bridgehead atoms. The van der Waals surface area contributed by atoms with Gasteiger partial charge in [-0.25, -0.2) is 8.78 Å². The van der Waals surface area contributed by atoms with Crippen LogP contribution in [0.5, 0.6) is 5.75 Å². The van der Waals surface area contributed by atoms with Crippen LogP contribution in [0.1, 0.15) is 34.7 Å². The molecule has 2 heterocycles. The quantitative estimate of drug-likeness (QED) is 0.330. The second kappa shape index (κ2) is 8.41. The molecule has 2 aliphatic heterocycles. The highest BCUT2D eigenvalue weighted by molar-refractivity contribution is 6.51. The van der Waals surface area contributed by atoms with E-state index in [-0.39, 0.29) is 17.0 Å². The van der Waals surface area contributed by atoms with Gasteiger partial charge in [0.2, 0.25) is 0 Å². The summed E-state index contributed by atoms with van der Waals surface area (Å²) in [5.41, 5.74) is 2.23. The van der Waals surface area contributed by atoms with Gasteiger partial charge in [0.25, 0.3) is 11.7 Å². The predicted molar refractivity (Wildman–Crippen MR) is 123 cm³/mol. The fourth-order valence-electron chi connectivity index (χ4n) is 4.58.